The highest BCUT2D eigenvalue weighted by atomic mass is 35.5. The lowest BCUT2D eigenvalue weighted by atomic mass is 10.2. The maximum Gasteiger partial charge on any atom is 0.131 e. The molecule has 8 heteroatoms. The Morgan fingerprint density at radius 3 is 2.50 bits per heavy atom. The molecule has 0 unspecified atom stereocenters. The van der Waals surface area contributed by atoms with Gasteiger partial charge in [0.15, 0.2) is 0 Å². The molecule has 24 heavy (non-hydrogen) atoms. The van der Waals surface area contributed by atoms with E-state index < -0.39 is 0 Å². The van der Waals surface area contributed by atoms with E-state index in [0.717, 1.165) is 43.3 Å². The first-order valence-corrected chi connectivity index (χ1v) is 7.80. The average Bonchev–Trinajstić information content (AvgIpc) is 2.51. The van der Waals surface area contributed by atoms with Crippen molar-refractivity contribution >= 4 is 47.9 Å². The Morgan fingerprint density at radius 1 is 1.17 bits per heavy atom. The van der Waals surface area contributed by atoms with E-state index in [1.807, 2.05) is 31.3 Å². The molecule has 2 heterocycles. The van der Waals surface area contributed by atoms with Crippen LogP contribution in [-0.4, -0.2) is 41.0 Å². The van der Waals surface area contributed by atoms with E-state index in [9.17, 15) is 0 Å². The van der Waals surface area contributed by atoms with Gasteiger partial charge in [-0.1, -0.05) is 17.7 Å². The van der Waals surface area contributed by atoms with Gasteiger partial charge in [-0.25, -0.2) is 9.97 Å². The molecule has 2 N–H and O–H groups in total. The van der Waals surface area contributed by atoms with Gasteiger partial charge in [-0.05, 0) is 25.1 Å². The van der Waals surface area contributed by atoms with Crippen LogP contribution in [-0.2, 0) is 6.54 Å². The number of benzene rings is 1. The van der Waals surface area contributed by atoms with Crippen LogP contribution in [0.25, 0.3) is 0 Å². The van der Waals surface area contributed by atoms with Crippen molar-refractivity contribution in [2.75, 3.05) is 36.8 Å². The number of piperazine rings is 1. The summed E-state index contributed by atoms with van der Waals surface area (Å²) in [5.74, 6) is 1.30. The molecular weight excluding hydrogens is 369 g/mol. The highest BCUT2D eigenvalue weighted by molar-refractivity contribution is 6.30. The second-order valence-corrected chi connectivity index (χ2v) is 6.01. The average molecular weight is 391 g/mol. The predicted octanol–water partition coefficient (Wildman–Crippen LogP) is 3.19. The molecule has 0 spiro atoms. The molecule has 0 atom stereocenters. The van der Waals surface area contributed by atoms with E-state index in [0.29, 0.717) is 11.6 Å². The molecule has 1 aromatic heterocycles. The van der Waals surface area contributed by atoms with Crippen LogP contribution in [0.4, 0.5) is 11.5 Å². The molecule has 1 aromatic carbocycles. The van der Waals surface area contributed by atoms with Crippen LogP contribution < -0.4 is 10.6 Å². The summed E-state index contributed by atoms with van der Waals surface area (Å²) in [5, 5.41) is 0.782. The van der Waals surface area contributed by atoms with Crippen molar-refractivity contribution in [2.45, 2.75) is 13.5 Å². The minimum absolute atomic E-state index is 0. The van der Waals surface area contributed by atoms with Crippen molar-refractivity contribution in [3.63, 3.8) is 0 Å². The first-order chi connectivity index (χ1) is 10.6. The quantitative estimate of drug-likeness (QED) is 0.872. The number of nitrogens with two attached hydrogens (primary N) is 1. The maximum atomic E-state index is 6.07. The molecule has 0 amide bonds. The number of rotatable bonds is 3. The summed E-state index contributed by atoms with van der Waals surface area (Å²) in [4.78, 5) is 13.2. The summed E-state index contributed by atoms with van der Waals surface area (Å²) in [7, 11) is 0. The maximum absolute atomic E-state index is 6.07. The highest BCUT2D eigenvalue weighted by Gasteiger charge is 2.18. The van der Waals surface area contributed by atoms with Crippen LogP contribution in [0.15, 0.2) is 30.5 Å². The third-order valence-corrected chi connectivity index (χ3v) is 4.19. The summed E-state index contributed by atoms with van der Waals surface area (Å²) in [6, 6.07) is 8.02. The Balaban J connectivity index is 0.00000144. The smallest absolute Gasteiger partial charge is 0.131 e. The van der Waals surface area contributed by atoms with Crippen molar-refractivity contribution in [3.8, 4) is 0 Å². The van der Waals surface area contributed by atoms with Crippen molar-refractivity contribution < 1.29 is 0 Å². The lowest BCUT2D eigenvalue weighted by Crippen LogP contribution is -2.46. The minimum atomic E-state index is 0. The molecule has 5 nitrogen and oxygen atoms in total. The number of aromatic nitrogens is 2. The molecule has 1 fully saturated rings. The Morgan fingerprint density at radius 2 is 1.88 bits per heavy atom. The molecule has 0 saturated carbocycles. The van der Waals surface area contributed by atoms with Crippen molar-refractivity contribution in [2.24, 2.45) is 0 Å². The number of aryl methyl sites for hydroxylation is 1. The van der Waals surface area contributed by atoms with Crippen LogP contribution in [0.1, 0.15) is 11.4 Å². The lowest BCUT2D eigenvalue weighted by Gasteiger charge is -2.36. The molecule has 2 aromatic rings. The first kappa shape index (κ1) is 20.8. The van der Waals surface area contributed by atoms with Gasteiger partial charge in [-0.3, -0.25) is 4.90 Å². The summed E-state index contributed by atoms with van der Waals surface area (Å²) >= 11 is 6.07. The summed E-state index contributed by atoms with van der Waals surface area (Å²) in [6.45, 7) is 6.58. The third kappa shape index (κ3) is 5.11. The van der Waals surface area contributed by atoms with Crippen molar-refractivity contribution in [1.82, 2.24) is 14.9 Å². The third-order valence-electron chi connectivity index (χ3n) is 3.96. The number of halogens is 3. The molecule has 132 valence electrons. The molecule has 0 bridgehead atoms. The van der Waals surface area contributed by atoms with Gasteiger partial charge < -0.3 is 10.6 Å². The number of nitrogens with zero attached hydrogens (tertiary/aromatic N) is 4. The van der Waals surface area contributed by atoms with Gasteiger partial charge in [0.2, 0.25) is 0 Å². The van der Waals surface area contributed by atoms with Crippen LogP contribution in [0, 0.1) is 6.92 Å². The van der Waals surface area contributed by atoms with E-state index in [1.165, 1.54) is 5.69 Å². The SMILES string of the molecule is Cc1ncc(CN2CCN(c3cccc(Cl)c3)CC2)c(N)n1.Cl.Cl. The predicted molar refractivity (Wildman–Crippen MR) is 105 cm³/mol. The molecular formula is C16H22Cl3N5. The molecule has 1 aliphatic rings. The van der Waals surface area contributed by atoms with Crippen LogP contribution in [0.3, 0.4) is 0 Å². The van der Waals surface area contributed by atoms with Gasteiger partial charge in [0.05, 0.1) is 0 Å². The summed E-state index contributed by atoms with van der Waals surface area (Å²) in [5.41, 5.74) is 8.16. The topological polar surface area (TPSA) is 58.3 Å². The number of anilines is 2. The van der Waals surface area contributed by atoms with E-state index in [-0.39, 0.29) is 24.8 Å². The fourth-order valence-electron chi connectivity index (χ4n) is 2.71. The molecule has 0 radical (unpaired) electrons. The van der Waals surface area contributed by atoms with Gasteiger partial charge in [0.25, 0.3) is 0 Å². The van der Waals surface area contributed by atoms with E-state index in [1.54, 1.807) is 0 Å². The van der Waals surface area contributed by atoms with Crippen molar-refractivity contribution in [1.29, 1.82) is 0 Å². The fraction of sp³-hybridized carbons (Fsp3) is 0.375. The Kier molecular flexibility index (Phi) is 8.03. The number of hydrogen-bond acceptors (Lipinski definition) is 5. The van der Waals surface area contributed by atoms with Crippen LogP contribution >= 0.6 is 36.4 Å². The van der Waals surface area contributed by atoms with Gasteiger partial charge in [-0.15, -0.1) is 24.8 Å². The Bertz CT molecular complexity index is 660. The zero-order chi connectivity index (χ0) is 15.5. The highest BCUT2D eigenvalue weighted by Crippen LogP contribution is 2.21. The second kappa shape index (κ2) is 9.28. The Hall–Kier alpha value is -1.27. The zero-order valence-electron chi connectivity index (χ0n) is 13.5. The standard InChI is InChI=1S/C16H20ClN5.2ClH/c1-12-19-10-13(16(18)20-12)11-21-5-7-22(8-6-21)15-4-2-3-14(17)9-15;;/h2-4,9-10H,5-8,11H2,1H3,(H2,18,19,20);2*1H. The summed E-state index contributed by atoms with van der Waals surface area (Å²) < 4.78 is 0. The normalized spacial score (nSPS) is 14.7. The molecule has 0 aliphatic carbocycles. The van der Waals surface area contributed by atoms with E-state index in [4.69, 9.17) is 17.3 Å². The minimum Gasteiger partial charge on any atom is -0.383 e. The first-order valence-electron chi connectivity index (χ1n) is 7.43. The van der Waals surface area contributed by atoms with E-state index in [2.05, 4.69) is 25.8 Å². The van der Waals surface area contributed by atoms with Crippen molar-refractivity contribution in [3.05, 3.63) is 46.9 Å². The monoisotopic (exact) mass is 389 g/mol. The van der Waals surface area contributed by atoms with Crippen LogP contribution in [0.2, 0.25) is 5.02 Å². The van der Waals surface area contributed by atoms with Gasteiger partial charge in [-0.2, -0.15) is 0 Å². The number of nitrogen functional groups attached to an aromatic ring is 1. The fourth-order valence-corrected chi connectivity index (χ4v) is 2.90. The van der Waals surface area contributed by atoms with Gasteiger partial charge in [0.1, 0.15) is 11.6 Å². The van der Waals surface area contributed by atoms with Gasteiger partial charge >= 0.3 is 0 Å². The van der Waals surface area contributed by atoms with Crippen LogP contribution in [0.5, 0.6) is 0 Å². The largest absolute Gasteiger partial charge is 0.383 e. The molecule has 1 saturated heterocycles. The second-order valence-electron chi connectivity index (χ2n) is 5.57. The lowest BCUT2D eigenvalue weighted by molar-refractivity contribution is 0.250. The molecule has 3 rings (SSSR count). The summed E-state index contributed by atoms with van der Waals surface area (Å²) in [6.07, 6.45) is 1.83. The number of hydrogen-bond donors (Lipinski definition) is 1. The zero-order valence-corrected chi connectivity index (χ0v) is 15.9. The molecule has 1 aliphatic heterocycles. The Labute approximate surface area is 160 Å². The van der Waals surface area contributed by atoms with Gasteiger partial charge in [0, 0.05) is 55.2 Å². The van der Waals surface area contributed by atoms with E-state index >= 15 is 0 Å².